The normalized spacial score (nSPS) is 10.1. The molecule has 0 aliphatic rings. The molecule has 0 bridgehead atoms. The molecule has 0 saturated heterocycles. The molecule has 0 N–H and O–H groups in total. The van der Waals surface area contributed by atoms with Crippen molar-refractivity contribution < 1.29 is 0 Å². The average Bonchev–Trinajstić information content (AvgIpc) is 3.36. The molecule has 2 aromatic heterocycles. The minimum Gasteiger partial charge on any atom is -0.256 e. The molecular formula is C29H37N3. The lowest BCUT2D eigenvalue weighted by atomic mass is 9.93. The Bertz CT molecular complexity index is 1030. The van der Waals surface area contributed by atoms with Crippen molar-refractivity contribution in [1.29, 1.82) is 0 Å². The Morgan fingerprint density at radius 3 is 2.06 bits per heavy atom. The van der Waals surface area contributed by atoms with E-state index in [9.17, 15) is 0 Å². The lowest BCUT2D eigenvalue weighted by Gasteiger charge is -2.13. The number of unbranched alkanes of at least 4 members (excludes halogenated alkanes) is 1. The highest BCUT2D eigenvalue weighted by Crippen LogP contribution is 2.32. The summed E-state index contributed by atoms with van der Waals surface area (Å²) in [4.78, 5) is 4.49. The van der Waals surface area contributed by atoms with Crippen molar-refractivity contribution in [1.82, 2.24) is 14.8 Å². The van der Waals surface area contributed by atoms with E-state index in [0.717, 1.165) is 28.2 Å². The predicted octanol–water partition coefficient (Wildman–Crippen LogP) is 8.56. The van der Waals surface area contributed by atoms with Crippen LogP contribution in [0.15, 0.2) is 85.2 Å². The van der Waals surface area contributed by atoms with Crippen molar-refractivity contribution in [2.24, 2.45) is 0 Å². The van der Waals surface area contributed by atoms with Crippen molar-refractivity contribution in [2.75, 3.05) is 0 Å². The lowest BCUT2D eigenvalue weighted by Crippen LogP contribution is -1.97. The topological polar surface area (TPSA) is 30.7 Å². The number of aromatic nitrogens is 3. The van der Waals surface area contributed by atoms with Crippen LogP contribution in [-0.2, 0) is 0 Å². The van der Waals surface area contributed by atoms with Crippen LogP contribution in [0.3, 0.4) is 0 Å². The molecule has 168 valence electrons. The number of pyridine rings is 1. The van der Waals surface area contributed by atoms with Gasteiger partial charge in [-0.05, 0) is 47.9 Å². The van der Waals surface area contributed by atoms with Gasteiger partial charge in [-0.2, -0.15) is 5.10 Å². The Balaban J connectivity index is 0.000000547. The highest BCUT2D eigenvalue weighted by Gasteiger charge is 2.13. The lowest BCUT2D eigenvalue weighted by molar-refractivity contribution is 0.859. The van der Waals surface area contributed by atoms with Crippen LogP contribution < -0.4 is 0 Å². The molecule has 4 aromatic rings. The molecular weight excluding hydrogens is 390 g/mol. The molecule has 0 unspecified atom stereocenters. The van der Waals surface area contributed by atoms with Gasteiger partial charge in [-0.3, -0.25) is 4.98 Å². The molecule has 0 saturated carbocycles. The molecule has 0 fully saturated rings. The zero-order valence-corrected chi connectivity index (χ0v) is 20.4. The molecule has 3 nitrogen and oxygen atoms in total. The van der Waals surface area contributed by atoms with E-state index in [1.807, 2.05) is 67.3 Å². The van der Waals surface area contributed by atoms with Crippen LogP contribution in [0, 0.1) is 0 Å². The zero-order valence-electron chi connectivity index (χ0n) is 20.4. The fourth-order valence-electron chi connectivity index (χ4n) is 3.17. The number of nitrogens with zero attached hydrogens (tertiary/aromatic N) is 3. The molecule has 2 aromatic carbocycles. The van der Waals surface area contributed by atoms with Crippen molar-refractivity contribution in [3.63, 3.8) is 0 Å². The molecule has 0 radical (unpaired) electrons. The minimum absolute atomic E-state index is 0.421. The Morgan fingerprint density at radius 2 is 1.47 bits per heavy atom. The second-order valence-corrected chi connectivity index (χ2v) is 7.65. The summed E-state index contributed by atoms with van der Waals surface area (Å²) in [5.41, 5.74) is 6.59. The molecule has 3 heteroatoms. The van der Waals surface area contributed by atoms with Gasteiger partial charge in [0.1, 0.15) is 0 Å². The maximum absolute atomic E-state index is 4.82. The van der Waals surface area contributed by atoms with Gasteiger partial charge in [0.05, 0.1) is 17.1 Å². The van der Waals surface area contributed by atoms with E-state index in [2.05, 4.69) is 69.1 Å². The summed E-state index contributed by atoms with van der Waals surface area (Å²) >= 11 is 0. The molecule has 2 heterocycles. The van der Waals surface area contributed by atoms with Crippen LogP contribution in [-0.4, -0.2) is 14.8 Å². The average molecular weight is 428 g/mol. The van der Waals surface area contributed by atoms with Gasteiger partial charge in [-0.15, -0.1) is 0 Å². The fourth-order valence-corrected chi connectivity index (χ4v) is 3.17. The van der Waals surface area contributed by atoms with Gasteiger partial charge < -0.3 is 0 Å². The fraction of sp³-hybridized carbons (Fsp3) is 0.310. The SMILES string of the molecule is CC.CC(C)c1ccc(-c2ccccn2)cc1-c1ccn(-c2ccccc2)n1.CCCC. The molecule has 4 rings (SSSR count). The van der Waals surface area contributed by atoms with Crippen molar-refractivity contribution >= 4 is 0 Å². The first-order valence-electron chi connectivity index (χ1n) is 11.8. The molecule has 0 spiro atoms. The van der Waals surface area contributed by atoms with Crippen LogP contribution in [0.5, 0.6) is 0 Å². The molecule has 0 amide bonds. The summed E-state index contributed by atoms with van der Waals surface area (Å²) in [6.45, 7) is 12.8. The van der Waals surface area contributed by atoms with Crippen LogP contribution in [0.25, 0.3) is 28.2 Å². The van der Waals surface area contributed by atoms with Gasteiger partial charge in [0.15, 0.2) is 0 Å². The molecule has 0 atom stereocenters. The van der Waals surface area contributed by atoms with Gasteiger partial charge in [-0.1, -0.05) is 90.8 Å². The predicted molar refractivity (Wildman–Crippen MR) is 138 cm³/mol. The van der Waals surface area contributed by atoms with Gasteiger partial charge in [0, 0.05) is 23.5 Å². The summed E-state index contributed by atoms with van der Waals surface area (Å²) in [6.07, 6.45) is 6.48. The quantitative estimate of drug-likeness (QED) is 0.319. The van der Waals surface area contributed by atoms with E-state index in [1.165, 1.54) is 18.4 Å². The summed E-state index contributed by atoms with van der Waals surface area (Å²) in [5.74, 6) is 0.421. The second kappa shape index (κ2) is 13.3. The minimum atomic E-state index is 0.421. The first kappa shape index (κ1) is 25.1. The second-order valence-electron chi connectivity index (χ2n) is 7.65. The smallest absolute Gasteiger partial charge is 0.0930 e. The van der Waals surface area contributed by atoms with E-state index >= 15 is 0 Å². The van der Waals surface area contributed by atoms with Crippen LogP contribution in [0.2, 0.25) is 0 Å². The molecule has 0 aliphatic carbocycles. The largest absolute Gasteiger partial charge is 0.256 e. The first-order chi connectivity index (χ1) is 15.6. The molecule has 32 heavy (non-hydrogen) atoms. The maximum Gasteiger partial charge on any atom is 0.0930 e. The van der Waals surface area contributed by atoms with E-state index in [4.69, 9.17) is 5.10 Å². The van der Waals surface area contributed by atoms with E-state index < -0.39 is 0 Å². The zero-order chi connectivity index (χ0) is 23.3. The van der Waals surface area contributed by atoms with Gasteiger partial charge in [0.2, 0.25) is 0 Å². The number of rotatable bonds is 5. The highest BCUT2D eigenvalue weighted by molar-refractivity contribution is 5.72. The molecule has 0 aliphatic heterocycles. The summed E-state index contributed by atoms with van der Waals surface area (Å²) < 4.78 is 1.92. The summed E-state index contributed by atoms with van der Waals surface area (Å²) in [6, 6.07) is 24.8. The van der Waals surface area contributed by atoms with Crippen LogP contribution in [0.4, 0.5) is 0 Å². The Hall–Kier alpha value is -3.20. The Kier molecular flexibility index (Phi) is 10.4. The standard InChI is InChI=1S/C23H21N3.C4H10.C2H6/c1-17(2)20-12-11-18(22-10-6-7-14-24-22)16-21(20)23-13-15-26(25-23)19-8-4-3-5-9-19;1-3-4-2;1-2/h3-17H,1-2H3;3-4H2,1-2H3;1-2H3. The van der Waals surface area contributed by atoms with Gasteiger partial charge in [-0.25, -0.2) is 4.68 Å². The highest BCUT2D eigenvalue weighted by atomic mass is 15.3. The van der Waals surface area contributed by atoms with Crippen molar-refractivity contribution in [3.05, 3.63) is 90.8 Å². The number of para-hydroxylation sites is 1. The van der Waals surface area contributed by atoms with E-state index in [-0.39, 0.29) is 0 Å². The van der Waals surface area contributed by atoms with Gasteiger partial charge >= 0.3 is 0 Å². The van der Waals surface area contributed by atoms with Crippen molar-refractivity contribution in [3.8, 4) is 28.2 Å². The van der Waals surface area contributed by atoms with E-state index in [0.29, 0.717) is 5.92 Å². The van der Waals surface area contributed by atoms with Crippen LogP contribution >= 0.6 is 0 Å². The number of hydrogen-bond donors (Lipinski definition) is 0. The van der Waals surface area contributed by atoms with Crippen molar-refractivity contribution in [2.45, 2.75) is 60.3 Å². The van der Waals surface area contributed by atoms with Gasteiger partial charge in [0.25, 0.3) is 0 Å². The maximum atomic E-state index is 4.82. The van der Waals surface area contributed by atoms with E-state index in [1.54, 1.807) is 0 Å². The third-order valence-corrected chi connectivity index (χ3v) is 5.02. The number of hydrogen-bond acceptors (Lipinski definition) is 2. The third kappa shape index (κ3) is 6.65. The first-order valence-corrected chi connectivity index (χ1v) is 11.8. The summed E-state index contributed by atoms with van der Waals surface area (Å²) in [7, 11) is 0. The monoisotopic (exact) mass is 427 g/mol. The summed E-state index contributed by atoms with van der Waals surface area (Å²) in [5, 5.41) is 4.82. The third-order valence-electron chi connectivity index (χ3n) is 5.02. The Labute approximate surface area is 194 Å². The number of benzene rings is 2. The Morgan fingerprint density at radius 1 is 0.781 bits per heavy atom. The van der Waals surface area contributed by atoms with Crippen LogP contribution in [0.1, 0.15) is 65.9 Å².